The maximum atomic E-state index is 12.6. The van der Waals surface area contributed by atoms with Crippen LogP contribution in [0.15, 0.2) is 41.2 Å². The molecule has 1 amide bonds. The number of amides is 1. The zero-order valence-corrected chi connectivity index (χ0v) is 16.9. The average molecular weight is 403 g/mol. The van der Waals surface area contributed by atoms with E-state index in [0.717, 1.165) is 27.6 Å². The second-order valence-corrected chi connectivity index (χ2v) is 7.56. The largest absolute Gasteiger partial charge is 0.325 e. The van der Waals surface area contributed by atoms with E-state index in [1.165, 1.54) is 0 Å². The average Bonchev–Trinajstić information content (AvgIpc) is 2.58. The van der Waals surface area contributed by atoms with E-state index in [4.69, 9.17) is 23.2 Å². The van der Waals surface area contributed by atoms with Gasteiger partial charge in [-0.15, -0.1) is 0 Å². The molecule has 27 heavy (non-hydrogen) atoms. The molecule has 3 rings (SSSR count). The summed E-state index contributed by atoms with van der Waals surface area (Å²) in [4.78, 5) is 24.9. The number of aryl methyl sites for hydroxylation is 4. The van der Waals surface area contributed by atoms with Crippen molar-refractivity contribution in [2.75, 3.05) is 5.32 Å². The van der Waals surface area contributed by atoms with Gasteiger partial charge in [-0.1, -0.05) is 34.8 Å². The Morgan fingerprint density at radius 1 is 1.04 bits per heavy atom. The minimum Gasteiger partial charge on any atom is -0.325 e. The summed E-state index contributed by atoms with van der Waals surface area (Å²) in [6.07, 6.45) is 0.147. The molecule has 1 N–H and O–H groups in total. The van der Waals surface area contributed by atoms with Gasteiger partial charge in [0.1, 0.15) is 0 Å². The monoisotopic (exact) mass is 402 g/mol. The molecule has 0 fully saturated rings. The maximum Gasteiger partial charge on any atom is 0.251 e. The zero-order valence-electron chi connectivity index (χ0n) is 15.4. The summed E-state index contributed by atoms with van der Waals surface area (Å²) in [7, 11) is 0. The number of halogens is 2. The van der Waals surface area contributed by atoms with Crippen molar-refractivity contribution in [3.05, 3.63) is 73.5 Å². The van der Waals surface area contributed by atoms with E-state index in [9.17, 15) is 9.59 Å². The molecule has 0 atom stereocenters. The third-order valence-corrected chi connectivity index (χ3v) is 5.08. The van der Waals surface area contributed by atoms with Crippen LogP contribution >= 0.6 is 23.2 Å². The van der Waals surface area contributed by atoms with E-state index >= 15 is 0 Å². The lowest BCUT2D eigenvalue weighted by Crippen LogP contribution is -2.24. The summed E-state index contributed by atoms with van der Waals surface area (Å²) in [5, 5.41) is 4.69. The van der Waals surface area contributed by atoms with Gasteiger partial charge in [-0.25, -0.2) is 0 Å². The Morgan fingerprint density at radius 2 is 1.78 bits per heavy atom. The molecule has 0 unspecified atom stereocenters. The Labute approximate surface area is 167 Å². The Kier molecular flexibility index (Phi) is 5.59. The van der Waals surface area contributed by atoms with E-state index in [2.05, 4.69) is 11.4 Å². The number of nitrogens with one attached hydrogen (secondary N) is 1. The molecule has 140 valence electrons. The van der Waals surface area contributed by atoms with Gasteiger partial charge in [0, 0.05) is 29.4 Å². The molecular formula is C21H20Cl2N2O2. The number of rotatable bonds is 4. The van der Waals surface area contributed by atoms with Gasteiger partial charge in [-0.3, -0.25) is 9.59 Å². The van der Waals surface area contributed by atoms with Crippen molar-refractivity contribution < 1.29 is 4.79 Å². The van der Waals surface area contributed by atoms with E-state index in [1.54, 1.807) is 28.8 Å². The first kappa shape index (κ1) is 19.5. The SMILES string of the molecule is Cc1cc(C)c2c(c1)c(C)cc(=O)n2CCC(=O)Nc1cc(Cl)ccc1Cl. The second kappa shape index (κ2) is 7.75. The van der Waals surface area contributed by atoms with Crippen LogP contribution in [-0.2, 0) is 11.3 Å². The highest BCUT2D eigenvalue weighted by molar-refractivity contribution is 6.35. The van der Waals surface area contributed by atoms with E-state index in [-0.39, 0.29) is 24.4 Å². The van der Waals surface area contributed by atoms with Crippen LogP contribution in [0.2, 0.25) is 10.0 Å². The maximum absolute atomic E-state index is 12.6. The van der Waals surface area contributed by atoms with E-state index in [1.807, 2.05) is 26.8 Å². The fourth-order valence-corrected chi connectivity index (χ4v) is 3.65. The van der Waals surface area contributed by atoms with Crippen molar-refractivity contribution in [3.63, 3.8) is 0 Å². The predicted molar refractivity (Wildman–Crippen MR) is 112 cm³/mol. The van der Waals surface area contributed by atoms with Gasteiger partial charge < -0.3 is 9.88 Å². The first-order chi connectivity index (χ1) is 12.8. The van der Waals surface area contributed by atoms with Crippen LogP contribution in [0, 0.1) is 20.8 Å². The quantitative estimate of drug-likeness (QED) is 0.646. The summed E-state index contributed by atoms with van der Waals surface area (Å²) in [6.45, 7) is 6.23. The fraction of sp³-hybridized carbons (Fsp3) is 0.238. The minimum atomic E-state index is -0.232. The predicted octanol–water partition coefficient (Wildman–Crippen LogP) is 5.26. The molecule has 1 heterocycles. The van der Waals surface area contributed by atoms with Crippen molar-refractivity contribution in [3.8, 4) is 0 Å². The van der Waals surface area contributed by atoms with E-state index < -0.39 is 0 Å². The van der Waals surface area contributed by atoms with Crippen molar-refractivity contribution >= 4 is 45.7 Å². The molecule has 1 aromatic heterocycles. The summed E-state index contributed by atoms with van der Waals surface area (Å²) in [5.74, 6) is -0.232. The molecule has 0 aliphatic heterocycles. The van der Waals surface area contributed by atoms with Crippen molar-refractivity contribution in [2.45, 2.75) is 33.7 Å². The Bertz CT molecular complexity index is 1100. The van der Waals surface area contributed by atoms with Gasteiger partial charge in [0.2, 0.25) is 5.91 Å². The number of anilines is 1. The third kappa shape index (κ3) is 4.18. The highest BCUT2D eigenvalue weighted by Gasteiger charge is 2.12. The van der Waals surface area contributed by atoms with Gasteiger partial charge in [0.15, 0.2) is 0 Å². The van der Waals surface area contributed by atoms with Crippen molar-refractivity contribution in [1.29, 1.82) is 0 Å². The second-order valence-electron chi connectivity index (χ2n) is 6.72. The van der Waals surface area contributed by atoms with Crippen LogP contribution in [-0.4, -0.2) is 10.5 Å². The Hall–Kier alpha value is -2.30. The van der Waals surface area contributed by atoms with Crippen molar-refractivity contribution in [2.24, 2.45) is 0 Å². The number of carbonyl (C=O) groups excluding carboxylic acids is 1. The van der Waals surface area contributed by atoms with Gasteiger partial charge in [0.05, 0.1) is 16.2 Å². The number of nitrogens with zero attached hydrogens (tertiary/aromatic N) is 1. The first-order valence-electron chi connectivity index (χ1n) is 8.62. The smallest absolute Gasteiger partial charge is 0.251 e. The van der Waals surface area contributed by atoms with Crippen LogP contribution in [0.25, 0.3) is 10.9 Å². The number of fused-ring (bicyclic) bond motifs is 1. The summed E-state index contributed by atoms with van der Waals surface area (Å²) in [5.41, 5.74) is 4.32. The van der Waals surface area contributed by atoms with Gasteiger partial charge >= 0.3 is 0 Å². The molecule has 0 aliphatic rings. The van der Waals surface area contributed by atoms with E-state index in [0.29, 0.717) is 15.7 Å². The Balaban J connectivity index is 1.88. The number of hydrogen-bond donors (Lipinski definition) is 1. The number of carbonyl (C=O) groups is 1. The number of aromatic nitrogens is 1. The minimum absolute atomic E-state index is 0.111. The molecule has 3 aromatic rings. The molecule has 2 aromatic carbocycles. The zero-order chi connectivity index (χ0) is 19.7. The summed E-state index contributed by atoms with van der Waals surface area (Å²) in [6, 6.07) is 10.6. The molecule has 0 radical (unpaired) electrons. The molecule has 0 spiro atoms. The lowest BCUT2D eigenvalue weighted by molar-refractivity contribution is -0.116. The topological polar surface area (TPSA) is 51.1 Å². The summed E-state index contributed by atoms with van der Waals surface area (Å²) >= 11 is 12.0. The first-order valence-corrected chi connectivity index (χ1v) is 9.38. The van der Waals surface area contributed by atoms with Crippen LogP contribution in [0.1, 0.15) is 23.1 Å². The summed E-state index contributed by atoms with van der Waals surface area (Å²) < 4.78 is 1.66. The third-order valence-electron chi connectivity index (χ3n) is 4.51. The lowest BCUT2D eigenvalue weighted by Gasteiger charge is -2.15. The molecule has 0 saturated carbocycles. The standard InChI is InChI=1S/C21H20Cl2N2O2/c1-12-8-14(3)21-16(9-12)13(2)10-20(27)25(21)7-6-19(26)24-18-11-15(22)4-5-17(18)23/h4-5,8-11H,6-7H2,1-3H3,(H,24,26). The van der Waals surface area contributed by atoms with Crippen LogP contribution in [0.4, 0.5) is 5.69 Å². The molecular weight excluding hydrogens is 383 g/mol. The highest BCUT2D eigenvalue weighted by Crippen LogP contribution is 2.26. The van der Waals surface area contributed by atoms with Crippen LogP contribution in [0.3, 0.4) is 0 Å². The Morgan fingerprint density at radius 3 is 2.52 bits per heavy atom. The molecule has 0 aliphatic carbocycles. The number of pyridine rings is 1. The van der Waals surface area contributed by atoms with Crippen LogP contribution in [0.5, 0.6) is 0 Å². The highest BCUT2D eigenvalue weighted by atomic mass is 35.5. The number of benzene rings is 2. The van der Waals surface area contributed by atoms with Gasteiger partial charge in [-0.05, 0) is 56.2 Å². The lowest BCUT2D eigenvalue weighted by atomic mass is 10.0. The number of hydrogen-bond acceptors (Lipinski definition) is 2. The molecule has 4 nitrogen and oxygen atoms in total. The normalized spacial score (nSPS) is 11.0. The fourth-order valence-electron chi connectivity index (χ4n) is 3.31. The van der Waals surface area contributed by atoms with Crippen LogP contribution < -0.4 is 10.9 Å². The molecule has 0 bridgehead atoms. The molecule has 6 heteroatoms. The molecule has 0 saturated heterocycles. The van der Waals surface area contributed by atoms with Crippen molar-refractivity contribution in [1.82, 2.24) is 4.57 Å². The van der Waals surface area contributed by atoms with Gasteiger partial charge in [-0.2, -0.15) is 0 Å². The van der Waals surface area contributed by atoms with Gasteiger partial charge in [0.25, 0.3) is 5.56 Å².